The number of ether oxygens (including phenoxy) is 1. The average molecular weight is 297 g/mol. The first-order valence-corrected chi connectivity index (χ1v) is 7.62. The predicted molar refractivity (Wildman–Crippen MR) is 89.7 cm³/mol. The zero-order valence-electron chi connectivity index (χ0n) is 13.4. The van der Waals surface area contributed by atoms with Crippen LogP contribution in [-0.2, 0) is 16.0 Å². The largest absolute Gasteiger partial charge is 0.377 e. The Morgan fingerprint density at radius 1 is 1.14 bits per heavy atom. The number of carbonyl (C=O) groups excluding carboxylic acids is 1. The van der Waals surface area contributed by atoms with Gasteiger partial charge in [0.2, 0.25) is 5.91 Å². The number of hydrogen-bond acceptors (Lipinski definition) is 2. The van der Waals surface area contributed by atoms with Crippen LogP contribution >= 0.6 is 0 Å². The molecule has 0 aromatic heterocycles. The SMILES string of the molecule is CCNC(=O)Cc1ccc(-c2cccc(C(C)OC)c2)cc1. The first kappa shape index (κ1) is 16.2. The first-order valence-electron chi connectivity index (χ1n) is 7.62. The molecule has 0 aliphatic carbocycles. The van der Waals surface area contributed by atoms with E-state index in [0.29, 0.717) is 13.0 Å². The zero-order chi connectivity index (χ0) is 15.9. The Kier molecular flexibility index (Phi) is 5.73. The van der Waals surface area contributed by atoms with Gasteiger partial charge in [-0.2, -0.15) is 0 Å². The van der Waals surface area contributed by atoms with Gasteiger partial charge in [0.25, 0.3) is 0 Å². The van der Waals surface area contributed by atoms with Gasteiger partial charge in [-0.05, 0) is 42.2 Å². The van der Waals surface area contributed by atoms with E-state index in [1.165, 1.54) is 0 Å². The maximum absolute atomic E-state index is 11.6. The molecule has 0 spiro atoms. The van der Waals surface area contributed by atoms with Gasteiger partial charge >= 0.3 is 0 Å². The van der Waals surface area contributed by atoms with E-state index < -0.39 is 0 Å². The van der Waals surface area contributed by atoms with Crippen LogP contribution in [0.25, 0.3) is 11.1 Å². The molecule has 1 N–H and O–H groups in total. The van der Waals surface area contributed by atoms with Crippen molar-refractivity contribution in [2.45, 2.75) is 26.4 Å². The van der Waals surface area contributed by atoms with Crippen molar-refractivity contribution in [1.29, 1.82) is 0 Å². The Balaban J connectivity index is 2.15. The third kappa shape index (κ3) is 4.18. The van der Waals surface area contributed by atoms with E-state index in [1.807, 2.05) is 32.0 Å². The molecule has 0 bridgehead atoms. The van der Waals surface area contributed by atoms with E-state index >= 15 is 0 Å². The molecule has 1 amide bonds. The van der Waals surface area contributed by atoms with Crippen molar-refractivity contribution in [2.24, 2.45) is 0 Å². The molecule has 3 nitrogen and oxygen atoms in total. The number of amides is 1. The summed E-state index contributed by atoms with van der Waals surface area (Å²) < 4.78 is 5.37. The number of carbonyl (C=O) groups is 1. The summed E-state index contributed by atoms with van der Waals surface area (Å²) in [4.78, 5) is 11.6. The molecule has 2 aromatic rings. The van der Waals surface area contributed by atoms with E-state index in [4.69, 9.17) is 4.74 Å². The topological polar surface area (TPSA) is 38.3 Å². The molecule has 0 aliphatic rings. The van der Waals surface area contributed by atoms with Crippen LogP contribution in [0.2, 0.25) is 0 Å². The highest BCUT2D eigenvalue weighted by Crippen LogP contribution is 2.24. The standard InChI is InChI=1S/C19H23NO2/c1-4-20-19(21)12-15-8-10-16(11-9-15)18-7-5-6-17(13-18)14(2)22-3/h5-11,13-14H,4,12H2,1-3H3,(H,20,21). The number of likely N-dealkylation sites (N-methyl/N-ethyl adjacent to an activating group) is 1. The van der Waals surface area contributed by atoms with Crippen molar-refractivity contribution in [3.63, 3.8) is 0 Å². The highest BCUT2D eigenvalue weighted by Gasteiger charge is 2.06. The highest BCUT2D eigenvalue weighted by atomic mass is 16.5. The van der Waals surface area contributed by atoms with Crippen molar-refractivity contribution in [2.75, 3.05) is 13.7 Å². The van der Waals surface area contributed by atoms with Crippen LogP contribution in [0, 0.1) is 0 Å². The summed E-state index contributed by atoms with van der Waals surface area (Å²) in [6, 6.07) is 16.5. The lowest BCUT2D eigenvalue weighted by Crippen LogP contribution is -2.24. The molecule has 1 unspecified atom stereocenters. The minimum atomic E-state index is 0.0613. The number of methoxy groups -OCH3 is 1. The van der Waals surface area contributed by atoms with E-state index in [9.17, 15) is 4.79 Å². The molecular formula is C19H23NO2. The van der Waals surface area contributed by atoms with Crippen molar-refractivity contribution in [3.05, 3.63) is 59.7 Å². The second-order valence-corrected chi connectivity index (χ2v) is 5.33. The fourth-order valence-electron chi connectivity index (χ4n) is 2.37. The molecule has 1 atom stereocenters. The molecule has 116 valence electrons. The predicted octanol–water partition coefficient (Wildman–Crippen LogP) is 3.74. The molecule has 0 fully saturated rings. The summed E-state index contributed by atoms with van der Waals surface area (Å²) in [5.41, 5.74) is 4.48. The maximum Gasteiger partial charge on any atom is 0.224 e. The van der Waals surface area contributed by atoms with E-state index in [0.717, 1.165) is 22.3 Å². The van der Waals surface area contributed by atoms with E-state index in [1.54, 1.807) is 7.11 Å². The molecule has 0 saturated heterocycles. The van der Waals surface area contributed by atoms with Gasteiger partial charge in [-0.1, -0.05) is 42.5 Å². The highest BCUT2D eigenvalue weighted by molar-refractivity contribution is 5.78. The van der Waals surface area contributed by atoms with Crippen molar-refractivity contribution in [3.8, 4) is 11.1 Å². The maximum atomic E-state index is 11.6. The normalized spacial score (nSPS) is 12.0. The quantitative estimate of drug-likeness (QED) is 0.882. The lowest BCUT2D eigenvalue weighted by Gasteiger charge is -2.12. The fraction of sp³-hybridized carbons (Fsp3) is 0.316. The summed E-state index contributed by atoms with van der Waals surface area (Å²) in [7, 11) is 1.72. The molecule has 2 aromatic carbocycles. The molecular weight excluding hydrogens is 274 g/mol. The molecule has 0 heterocycles. The summed E-state index contributed by atoms with van der Waals surface area (Å²) in [5.74, 6) is 0.0613. The smallest absolute Gasteiger partial charge is 0.224 e. The average Bonchev–Trinajstić information content (AvgIpc) is 2.55. The Hall–Kier alpha value is -2.13. The lowest BCUT2D eigenvalue weighted by molar-refractivity contribution is -0.120. The molecule has 22 heavy (non-hydrogen) atoms. The van der Waals surface area contributed by atoms with Gasteiger partial charge in [-0.3, -0.25) is 4.79 Å². The van der Waals surface area contributed by atoms with Crippen LogP contribution in [-0.4, -0.2) is 19.6 Å². The second-order valence-electron chi connectivity index (χ2n) is 5.33. The van der Waals surface area contributed by atoms with Gasteiger partial charge in [0, 0.05) is 13.7 Å². The molecule has 0 saturated carbocycles. The minimum Gasteiger partial charge on any atom is -0.377 e. The summed E-state index contributed by atoms with van der Waals surface area (Å²) >= 11 is 0. The summed E-state index contributed by atoms with van der Waals surface area (Å²) in [6.07, 6.45) is 0.506. The Morgan fingerprint density at radius 2 is 1.86 bits per heavy atom. The van der Waals surface area contributed by atoms with Crippen molar-refractivity contribution < 1.29 is 9.53 Å². The van der Waals surface area contributed by atoms with Crippen LogP contribution in [0.15, 0.2) is 48.5 Å². The van der Waals surface area contributed by atoms with Crippen LogP contribution in [0.5, 0.6) is 0 Å². The van der Waals surface area contributed by atoms with Gasteiger partial charge in [0.05, 0.1) is 12.5 Å². The van der Waals surface area contributed by atoms with Gasteiger partial charge in [0.1, 0.15) is 0 Å². The lowest BCUT2D eigenvalue weighted by atomic mass is 9.99. The van der Waals surface area contributed by atoms with Gasteiger partial charge in [0.15, 0.2) is 0 Å². The zero-order valence-corrected chi connectivity index (χ0v) is 13.4. The van der Waals surface area contributed by atoms with E-state index in [2.05, 4.69) is 35.6 Å². The molecule has 2 rings (SSSR count). The Morgan fingerprint density at radius 3 is 2.50 bits per heavy atom. The number of benzene rings is 2. The number of rotatable bonds is 6. The van der Waals surface area contributed by atoms with Crippen LogP contribution in [0.4, 0.5) is 0 Å². The van der Waals surface area contributed by atoms with Crippen LogP contribution in [0.3, 0.4) is 0 Å². The van der Waals surface area contributed by atoms with Crippen molar-refractivity contribution in [1.82, 2.24) is 5.32 Å². The third-order valence-electron chi connectivity index (χ3n) is 3.74. The van der Waals surface area contributed by atoms with Gasteiger partial charge in [-0.25, -0.2) is 0 Å². The van der Waals surface area contributed by atoms with Crippen LogP contribution < -0.4 is 5.32 Å². The van der Waals surface area contributed by atoms with E-state index in [-0.39, 0.29) is 12.0 Å². The Labute approximate surface area is 132 Å². The number of hydrogen-bond donors (Lipinski definition) is 1. The van der Waals surface area contributed by atoms with Crippen LogP contribution in [0.1, 0.15) is 31.1 Å². The molecule has 0 aliphatic heterocycles. The molecule has 3 heteroatoms. The summed E-state index contributed by atoms with van der Waals surface area (Å²) in [5, 5.41) is 2.81. The third-order valence-corrected chi connectivity index (χ3v) is 3.74. The monoisotopic (exact) mass is 297 g/mol. The minimum absolute atomic E-state index is 0.0613. The second kappa shape index (κ2) is 7.76. The van der Waals surface area contributed by atoms with Gasteiger partial charge < -0.3 is 10.1 Å². The number of nitrogens with one attached hydrogen (secondary N) is 1. The van der Waals surface area contributed by atoms with Gasteiger partial charge in [-0.15, -0.1) is 0 Å². The first-order chi connectivity index (χ1) is 10.6. The fourth-order valence-corrected chi connectivity index (χ4v) is 2.37. The van der Waals surface area contributed by atoms with Crippen molar-refractivity contribution >= 4 is 5.91 Å². The Bertz CT molecular complexity index is 620. The molecule has 0 radical (unpaired) electrons. The summed E-state index contributed by atoms with van der Waals surface area (Å²) in [6.45, 7) is 4.63.